The highest BCUT2D eigenvalue weighted by molar-refractivity contribution is 5.96. The second-order valence-electron chi connectivity index (χ2n) is 7.78. The Kier molecular flexibility index (Phi) is 4.00. The van der Waals surface area contributed by atoms with Crippen molar-refractivity contribution in [1.29, 1.82) is 0 Å². The molecular formula is C23H24N2O2. The van der Waals surface area contributed by atoms with Crippen LogP contribution in [0.15, 0.2) is 41.4 Å². The van der Waals surface area contributed by atoms with Crippen LogP contribution >= 0.6 is 0 Å². The van der Waals surface area contributed by atoms with Crippen LogP contribution in [0.2, 0.25) is 0 Å². The number of carbonyl (C=O) groups is 1. The fourth-order valence-electron chi connectivity index (χ4n) is 5.02. The summed E-state index contributed by atoms with van der Waals surface area (Å²) >= 11 is 0. The molecule has 4 heteroatoms. The van der Waals surface area contributed by atoms with Gasteiger partial charge in [-0.2, -0.15) is 0 Å². The molecule has 2 aliphatic heterocycles. The molecule has 2 heterocycles. The third-order valence-electron chi connectivity index (χ3n) is 6.37. The van der Waals surface area contributed by atoms with E-state index in [2.05, 4.69) is 34.2 Å². The average Bonchev–Trinajstić information content (AvgIpc) is 3.20. The van der Waals surface area contributed by atoms with E-state index in [0.717, 1.165) is 55.6 Å². The second-order valence-corrected chi connectivity index (χ2v) is 7.78. The van der Waals surface area contributed by atoms with E-state index in [1.807, 2.05) is 18.3 Å². The third kappa shape index (κ3) is 2.75. The van der Waals surface area contributed by atoms with E-state index < -0.39 is 0 Å². The normalized spacial score (nSPS) is 22.8. The Bertz CT molecular complexity index is 934. The van der Waals surface area contributed by atoms with E-state index in [1.165, 1.54) is 16.7 Å². The van der Waals surface area contributed by atoms with Crippen molar-refractivity contribution in [3.8, 4) is 5.75 Å². The van der Waals surface area contributed by atoms with Crippen LogP contribution in [0.3, 0.4) is 0 Å². The quantitative estimate of drug-likeness (QED) is 0.802. The number of methoxy groups -OCH3 is 1. The van der Waals surface area contributed by atoms with E-state index >= 15 is 0 Å². The van der Waals surface area contributed by atoms with Crippen molar-refractivity contribution in [3.05, 3.63) is 58.7 Å². The minimum absolute atomic E-state index is 0.159. The van der Waals surface area contributed by atoms with Gasteiger partial charge in [0.25, 0.3) is 5.91 Å². The van der Waals surface area contributed by atoms with Gasteiger partial charge in [-0.3, -0.25) is 9.79 Å². The number of fused-ring (bicyclic) bond motifs is 4. The molecule has 27 heavy (non-hydrogen) atoms. The Morgan fingerprint density at radius 2 is 2.07 bits per heavy atom. The number of benzene rings is 2. The van der Waals surface area contributed by atoms with Gasteiger partial charge in [-0.1, -0.05) is 12.1 Å². The first-order valence-electron chi connectivity index (χ1n) is 9.88. The van der Waals surface area contributed by atoms with Gasteiger partial charge in [0.2, 0.25) is 0 Å². The maximum absolute atomic E-state index is 13.3. The molecule has 1 amide bonds. The maximum Gasteiger partial charge on any atom is 0.254 e. The highest BCUT2D eigenvalue weighted by atomic mass is 16.5. The van der Waals surface area contributed by atoms with Crippen LogP contribution in [-0.4, -0.2) is 36.7 Å². The van der Waals surface area contributed by atoms with E-state index in [4.69, 9.17) is 4.74 Å². The van der Waals surface area contributed by atoms with Gasteiger partial charge < -0.3 is 9.64 Å². The molecule has 0 radical (unpaired) electrons. The molecule has 138 valence electrons. The first kappa shape index (κ1) is 16.5. The molecule has 1 fully saturated rings. The number of rotatable bonds is 2. The number of carbonyl (C=O) groups excluding carboxylic acids is 1. The molecule has 5 rings (SSSR count). The number of likely N-dealkylation sites (tertiary alicyclic amines) is 1. The Hall–Kier alpha value is -2.62. The molecule has 0 bridgehead atoms. The van der Waals surface area contributed by atoms with Crippen LogP contribution in [0.4, 0.5) is 5.69 Å². The van der Waals surface area contributed by atoms with E-state index in [1.54, 1.807) is 7.11 Å². The molecule has 2 aromatic rings. The number of piperidine rings is 1. The number of ether oxygens (including phenoxy) is 1. The van der Waals surface area contributed by atoms with Crippen molar-refractivity contribution in [1.82, 2.24) is 4.90 Å². The van der Waals surface area contributed by atoms with Gasteiger partial charge in [-0.15, -0.1) is 0 Å². The van der Waals surface area contributed by atoms with E-state index in [-0.39, 0.29) is 5.91 Å². The predicted molar refractivity (Wildman–Crippen MR) is 106 cm³/mol. The molecule has 2 atom stereocenters. The number of nitrogens with zero attached hydrogens (tertiary/aromatic N) is 2. The first-order chi connectivity index (χ1) is 13.2. The summed E-state index contributed by atoms with van der Waals surface area (Å²) in [5.41, 5.74) is 5.73. The van der Waals surface area contributed by atoms with Crippen LogP contribution in [0.5, 0.6) is 5.75 Å². The third-order valence-corrected chi connectivity index (χ3v) is 6.37. The Morgan fingerprint density at radius 3 is 2.96 bits per heavy atom. The fraction of sp³-hybridized carbons (Fsp3) is 0.391. The molecule has 1 aliphatic carbocycles. The van der Waals surface area contributed by atoms with Crippen molar-refractivity contribution < 1.29 is 9.53 Å². The highest BCUT2D eigenvalue weighted by Crippen LogP contribution is 2.42. The van der Waals surface area contributed by atoms with Gasteiger partial charge in [0.1, 0.15) is 5.75 Å². The Morgan fingerprint density at radius 1 is 1.15 bits per heavy atom. The number of aryl methyl sites for hydroxylation is 1. The number of hydrogen-bond donors (Lipinski definition) is 0. The number of hydrogen-bond acceptors (Lipinski definition) is 3. The summed E-state index contributed by atoms with van der Waals surface area (Å²) in [7, 11) is 1.72. The molecule has 2 aromatic carbocycles. The SMILES string of the molecule is COc1ccc2c(c1)CC[C@H]1C2CCCN1C(=O)c1ccc2c(c1)N=CC2. The lowest BCUT2D eigenvalue weighted by molar-refractivity contribution is 0.0546. The van der Waals surface area contributed by atoms with E-state index in [0.29, 0.717) is 12.0 Å². The molecule has 0 saturated carbocycles. The monoisotopic (exact) mass is 360 g/mol. The van der Waals surface area contributed by atoms with Gasteiger partial charge >= 0.3 is 0 Å². The minimum atomic E-state index is 0.159. The van der Waals surface area contributed by atoms with Crippen LogP contribution < -0.4 is 4.74 Å². The molecule has 3 aliphatic rings. The predicted octanol–water partition coefficient (Wildman–Crippen LogP) is 4.29. The second kappa shape index (κ2) is 6.52. The van der Waals surface area contributed by atoms with Crippen molar-refractivity contribution in [3.63, 3.8) is 0 Å². The van der Waals surface area contributed by atoms with E-state index in [9.17, 15) is 4.79 Å². The van der Waals surface area contributed by atoms with Crippen LogP contribution in [-0.2, 0) is 12.8 Å². The van der Waals surface area contributed by atoms with Crippen molar-refractivity contribution in [2.75, 3.05) is 13.7 Å². The number of amides is 1. The summed E-state index contributed by atoms with van der Waals surface area (Å²) in [5, 5.41) is 0. The lowest BCUT2D eigenvalue weighted by Crippen LogP contribution is -2.49. The largest absolute Gasteiger partial charge is 0.497 e. The topological polar surface area (TPSA) is 41.9 Å². The van der Waals surface area contributed by atoms with Gasteiger partial charge in [0, 0.05) is 36.7 Å². The summed E-state index contributed by atoms with van der Waals surface area (Å²) < 4.78 is 5.39. The van der Waals surface area contributed by atoms with Crippen molar-refractivity contribution >= 4 is 17.8 Å². The average molecular weight is 360 g/mol. The fourth-order valence-corrected chi connectivity index (χ4v) is 5.02. The lowest BCUT2D eigenvalue weighted by Gasteiger charge is -2.45. The van der Waals surface area contributed by atoms with Gasteiger partial charge in [-0.25, -0.2) is 0 Å². The summed E-state index contributed by atoms with van der Waals surface area (Å²) in [4.78, 5) is 19.9. The smallest absolute Gasteiger partial charge is 0.254 e. The van der Waals surface area contributed by atoms with Gasteiger partial charge in [0.05, 0.1) is 12.8 Å². The molecule has 1 saturated heterocycles. The maximum atomic E-state index is 13.3. The zero-order valence-corrected chi connectivity index (χ0v) is 15.6. The molecule has 0 spiro atoms. The molecule has 4 nitrogen and oxygen atoms in total. The van der Waals surface area contributed by atoms with Gasteiger partial charge in [-0.05, 0) is 66.6 Å². The zero-order valence-electron chi connectivity index (χ0n) is 15.6. The Labute approximate surface area is 159 Å². The van der Waals surface area contributed by atoms with Crippen LogP contribution in [0.25, 0.3) is 0 Å². The molecular weight excluding hydrogens is 336 g/mol. The summed E-state index contributed by atoms with van der Waals surface area (Å²) in [6.45, 7) is 0.853. The standard InChI is InChI=1S/C23H24N2O2/c1-27-18-7-8-19-16(13-18)6-9-22-20(19)3-2-12-25(22)23(26)17-5-4-15-10-11-24-21(15)14-17/h4-5,7-8,11,13-14,20,22H,2-3,6,9-10,12H2,1H3/t20?,22-/m0/s1. The summed E-state index contributed by atoms with van der Waals surface area (Å²) in [6, 6.07) is 12.7. The van der Waals surface area contributed by atoms with Crippen molar-refractivity contribution in [2.24, 2.45) is 4.99 Å². The zero-order chi connectivity index (χ0) is 18.4. The molecule has 1 unspecified atom stereocenters. The summed E-state index contributed by atoms with van der Waals surface area (Å²) in [5.74, 6) is 1.52. The lowest BCUT2D eigenvalue weighted by atomic mass is 9.74. The highest BCUT2D eigenvalue weighted by Gasteiger charge is 2.38. The van der Waals surface area contributed by atoms with Crippen LogP contribution in [0, 0.1) is 0 Å². The van der Waals surface area contributed by atoms with Gasteiger partial charge in [0.15, 0.2) is 0 Å². The molecule has 0 aromatic heterocycles. The summed E-state index contributed by atoms with van der Waals surface area (Å²) in [6.07, 6.45) is 7.04. The van der Waals surface area contributed by atoms with Crippen LogP contribution in [0.1, 0.15) is 52.2 Å². The number of aliphatic imine (C=N–C) groups is 1. The molecule has 0 N–H and O–H groups in total. The Balaban J connectivity index is 1.44. The first-order valence-corrected chi connectivity index (χ1v) is 9.88. The van der Waals surface area contributed by atoms with Crippen molar-refractivity contribution in [2.45, 2.75) is 44.1 Å². The minimum Gasteiger partial charge on any atom is -0.497 e.